The highest BCUT2D eigenvalue weighted by atomic mass is 16.6. The second-order valence-electron chi connectivity index (χ2n) is 4.63. The molecule has 0 fully saturated rings. The van der Waals surface area contributed by atoms with E-state index in [1.54, 1.807) is 0 Å². The first-order valence-corrected chi connectivity index (χ1v) is 6.33. The molecule has 0 spiro atoms. The molecule has 2 aromatic rings. The van der Waals surface area contributed by atoms with Crippen LogP contribution in [0, 0.1) is 0 Å². The lowest BCUT2D eigenvalue weighted by Crippen LogP contribution is -2.23. The molecule has 98 valence electrons. The van der Waals surface area contributed by atoms with Crippen molar-refractivity contribution in [2.75, 3.05) is 0 Å². The minimum absolute atomic E-state index is 0.226. The summed E-state index contributed by atoms with van der Waals surface area (Å²) in [6, 6.07) is 5.89. The van der Waals surface area contributed by atoms with Crippen molar-refractivity contribution < 1.29 is 9.53 Å². The minimum Gasteiger partial charge on any atom is -0.442 e. The highest BCUT2D eigenvalue weighted by molar-refractivity contribution is 5.68. The Bertz CT molecular complexity index is 645. The van der Waals surface area contributed by atoms with Crippen molar-refractivity contribution in [2.45, 2.75) is 25.4 Å². The third-order valence-corrected chi connectivity index (χ3v) is 3.34. The molecule has 3 rings (SSSR count). The monoisotopic (exact) mass is 257 g/mol. The minimum atomic E-state index is -0.722. The summed E-state index contributed by atoms with van der Waals surface area (Å²) >= 11 is 0. The number of hydrogen-bond donors (Lipinski definition) is 1. The number of rotatable bonds is 2. The van der Waals surface area contributed by atoms with Crippen LogP contribution < -0.4 is 5.73 Å². The summed E-state index contributed by atoms with van der Waals surface area (Å²) in [6.07, 6.45) is 7.63. The molecular formula is C14H15N3O2. The number of primary amides is 1. The second kappa shape index (κ2) is 4.76. The summed E-state index contributed by atoms with van der Waals surface area (Å²) in [6.45, 7) is 0. The van der Waals surface area contributed by atoms with Gasteiger partial charge in [0.25, 0.3) is 0 Å². The Morgan fingerprint density at radius 3 is 3.21 bits per heavy atom. The van der Waals surface area contributed by atoms with E-state index in [4.69, 9.17) is 10.5 Å². The molecule has 0 aliphatic heterocycles. The zero-order valence-corrected chi connectivity index (χ0v) is 10.5. The van der Waals surface area contributed by atoms with Gasteiger partial charge in [-0.15, -0.1) is 0 Å². The molecule has 0 saturated carbocycles. The fourth-order valence-electron chi connectivity index (χ4n) is 2.51. The summed E-state index contributed by atoms with van der Waals surface area (Å²) < 4.78 is 7.10. The number of hydrogen-bond acceptors (Lipinski definition) is 3. The smallest absolute Gasteiger partial charge is 0.405 e. The number of amides is 1. The van der Waals surface area contributed by atoms with Gasteiger partial charge in [-0.1, -0.05) is 6.07 Å². The fourth-order valence-corrected chi connectivity index (χ4v) is 2.51. The van der Waals surface area contributed by atoms with Crippen LogP contribution in [0.2, 0.25) is 0 Å². The molecule has 5 nitrogen and oxygen atoms in total. The van der Waals surface area contributed by atoms with E-state index >= 15 is 0 Å². The van der Waals surface area contributed by atoms with Crippen LogP contribution in [0.3, 0.4) is 0 Å². The first-order chi connectivity index (χ1) is 9.24. The molecule has 0 saturated heterocycles. The third-order valence-electron chi connectivity index (χ3n) is 3.34. The van der Waals surface area contributed by atoms with Gasteiger partial charge < -0.3 is 14.9 Å². The van der Waals surface area contributed by atoms with E-state index in [0.717, 1.165) is 36.2 Å². The van der Waals surface area contributed by atoms with E-state index in [1.165, 1.54) is 0 Å². The SMILES string of the molecule is NC(=O)OC1C=C(c2cnc3ccccn23)CCC1. The summed E-state index contributed by atoms with van der Waals surface area (Å²) in [5.41, 5.74) is 8.18. The van der Waals surface area contributed by atoms with Gasteiger partial charge in [-0.25, -0.2) is 9.78 Å². The number of ether oxygens (including phenoxy) is 1. The maximum Gasteiger partial charge on any atom is 0.405 e. The van der Waals surface area contributed by atoms with Gasteiger partial charge in [-0.2, -0.15) is 0 Å². The Morgan fingerprint density at radius 2 is 2.37 bits per heavy atom. The number of allylic oxidation sites excluding steroid dienone is 1. The first kappa shape index (κ1) is 11.8. The van der Waals surface area contributed by atoms with Crippen molar-refractivity contribution in [3.05, 3.63) is 42.4 Å². The van der Waals surface area contributed by atoms with Crippen molar-refractivity contribution >= 4 is 17.3 Å². The summed E-state index contributed by atoms with van der Waals surface area (Å²) in [4.78, 5) is 15.2. The average molecular weight is 257 g/mol. The molecule has 2 N–H and O–H groups in total. The van der Waals surface area contributed by atoms with Crippen molar-refractivity contribution in [1.82, 2.24) is 9.38 Å². The van der Waals surface area contributed by atoms with Crippen LogP contribution in [0.15, 0.2) is 36.7 Å². The van der Waals surface area contributed by atoms with E-state index < -0.39 is 6.09 Å². The second-order valence-corrected chi connectivity index (χ2v) is 4.63. The van der Waals surface area contributed by atoms with Crippen molar-refractivity contribution in [3.63, 3.8) is 0 Å². The normalized spacial score (nSPS) is 19.2. The summed E-state index contributed by atoms with van der Waals surface area (Å²) in [7, 11) is 0. The quantitative estimate of drug-likeness (QED) is 0.897. The zero-order valence-electron chi connectivity index (χ0n) is 10.5. The Balaban J connectivity index is 1.96. The molecule has 0 aromatic carbocycles. The number of pyridine rings is 1. The number of imidazole rings is 1. The van der Waals surface area contributed by atoms with Gasteiger partial charge in [-0.3, -0.25) is 0 Å². The number of nitrogens with two attached hydrogens (primary N) is 1. The highest BCUT2D eigenvalue weighted by Gasteiger charge is 2.19. The van der Waals surface area contributed by atoms with Gasteiger partial charge in [0, 0.05) is 6.20 Å². The molecule has 1 amide bonds. The number of carbonyl (C=O) groups excluding carboxylic acids is 1. The summed E-state index contributed by atoms with van der Waals surface area (Å²) in [5, 5.41) is 0. The van der Waals surface area contributed by atoms with E-state index in [2.05, 4.69) is 4.98 Å². The number of fused-ring (bicyclic) bond motifs is 1. The Morgan fingerprint density at radius 1 is 1.47 bits per heavy atom. The molecule has 0 bridgehead atoms. The number of carbonyl (C=O) groups is 1. The largest absolute Gasteiger partial charge is 0.442 e. The Labute approximate surface area is 110 Å². The maximum absolute atomic E-state index is 10.8. The first-order valence-electron chi connectivity index (χ1n) is 6.33. The van der Waals surface area contributed by atoms with Crippen LogP contribution in [0.4, 0.5) is 4.79 Å². The molecule has 19 heavy (non-hydrogen) atoms. The van der Waals surface area contributed by atoms with Crippen molar-refractivity contribution in [3.8, 4) is 0 Å². The van der Waals surface area contributed by atoms with Gasteiger partial charge >= 0.3 is 6.09 Å². The summed E-state index contributed by atoms with van der Waals surface area (Å²) in [5.74, 6) is 0. The molecule has 2 aromatic heterocycles. The standard InChI is InChI=1S/C14H15N3O2/c15-14(18)19-11-5-3-4-10(8-11)12-9-16-13-6-1-2-7-17(12)13/h1-2,6-9,11H,3-5H2,(H2,15,18). The molecule has 1 atom stereocenters. The predicted molar refractivity (Wildman–Crippen MR) is 71.5 cm³/mol. The zero-order chi connectivity index (χ0) is 13.2. The van der Waals surface area contributed by atoms with Crippen LogP contribution in [0.5, 0.6) is 0 Å². The van der Waals surface area contributed by atoms with Gasteiger partial charge in [-0.05, 0) is 43.0 Å². The average Bonchev–Trinajstić information content (AvgIpc) is 2.82. The highest BCUT2D eigenvalue weighted by Crippen LogP contribution is 2.28. The van der Waals surface area contributed by atoms with Crippen LogP contribution in [-0.2, 0) is 4.74 Å². The van der Waals surface area contributed by atoms with Crippen LogP contribution >= 0.6 is 0 Å². The van der Waals surface area contributed by atoms with E-state index in [1.807, 2.05) is 41.1 Å². The van der Waals surface area contributed by atoms with Crippen LogP contribution in [0.1, 0.15) is 25.0 Å². The van der Waals surface area contributed by atoms with Crippen molar-refractivity contribution in [1.29, 1.82) is 0 Å². The molecule has 0 radical (unpaired) electrons. The lowest BCUT2D eigenvalue weighted by molar-refractivity contribution is 0.122. The van der Waals surface area contributed by atoms with Gasteiger partial charge in [0.15, 0.2) is 0 Å². The molecular weight excluding hydrogens is 242 g/mol. The molecule has 5 heteroatoms. The van der Waals surface area contributed by atoms with Crippen LogP contribution in [-0.4, -0.2) is 21.6 Å². The number of nitrogens with zero attached hydrogens (tertiary/aromatic N) is 2. The van der Waals surface area contributed by atoms with Crippen molar-refractivity contribution in [2.24, 2.45) is 5.73 Å². The van der Waals surface area contributed by atoms with E-state index in [9.17, 15) is 4.79 Å². The molecule has 1 unspecified atom stereocenters. The fraction of sp³-hybridized carbons (Fsp3) is 0.286. The Kier molecular flexibility index (Phi) is 2.95. The molecule has 1 aliphatic carbocycles. The topological polar surface area (TPSA) is 69.6 Å². The number of aromatic nitrogens is 2. The third kappa shape index (κ3) is 2.31. The lowest BCUT2D eigenvalue weighted by Gasteiger charge is -2.20. The van der Waals surface area contributed by atoms with Gasteiger partial charge in [0.1, 0.15) is 11.8 Å². The predicted octanol–water partition coefficient (Wildman–Crippen LogP) is 2.37. The lowest BCUT2D eigenvalue weighted by atomic mass is 9.95. The van der Waals surface area contributed by atoms with Gasteiger partial charge in [0.2, 0.25) is 0 Å². The van der Waals surface area contributed by atoms with Crippen LogP contribution in [0.25, 0.3) is 11.2 Å². The van der Waals surface area contributed by atoms with Gasteiger partial charge in [0.05, 0.1) is 11.9 Å². The van der Waals surface area contributed by atoms with E-state index in [-0.39, 0.29) is 6.10 Å². The molecule has 1 aliphatic rings. The maximum atomic E-state index is 10.8. The Hall–Kier alpha value is -2.30. The van der Waals surface area contributed by atoms with E-state index in [0.29, 0.717) is 0 Å². The molecule has 2 heterocycles.